The van der Waals surface area contributed by atoms with Crippen molar-refractivity contribution in [3.63, 3.8) is 0 Å². The molecule has 12 nitrogen and oxygen atoms in total. The van der Waals surface area contributed by atoms with Crippen molar-refractivity contribution in [1.29, 1.82) is 0 Å². The van der Waals surface area contributed by atoms with Crippen molar-refractivity contribution in [3.05, 3.63) is 129 Å². The molecule has 47 heavy (non-hydrogen) atoms. The molecule has 0 spiro atoms. The fourth-order valence-corrected chi connectivity index (χ4v) is 5.32. The van der Waals surface area contributed by atoms with Gasteiger partial charge >= 0.3 is 0 Å². The van der Waals surface area contributed by atoms with Crippen LogP contribution in [-0.4, -0.2) is 55.2 Å². The second kappa shape index (κ2) is 15.4. The first-order valence-electron chi connectivity index (χ1n) is 15.4. The van der Waals surface area contributed by atoms with Gasteiger partial charge in [0.2, 0.25) is 0 Å². The van der Waals surface area contributed by atoms with E-state index in [0.29, 0.717) is 29.7 Å². The van der Waals surface area contributed by atoms with Crippen molar-refractivity contribution < 1.29 is 14.5 Å². The van der Waals surface area contributed by atoms with Crippen LogP contribution in [0.2, 0.25) is 0 Å². The highest BCUT2D eigenvalue weighted by Gasteiger charge is 2.17. The number of nitrogens with zero attached hydrogens (tertiary/aromatic N) is 4. The normalized spacial score (nSPS) is 10.8. The number of carbonyl (C=O) groups excluding carboxylic acids is 2. The van der Waals surface area contributed by atoms with Crippen LogP contribution in [0.15, 0.2) is 85.1 Å². The molecule has 0 saturated heterocycles. The zero-order chi connectivity index (χ0) is 33.2. The van der Waals surface area contributed by atoms with Gasteiger partial charge in [-0.15, -0.1) is 0 Å². The quantitative estimate of drug-likeness (QED) is 0.0797. The summed E-state index contributed by atoms with van der Waals surface area (Å²) in [5.74, 6) is -0.480. The number of aromatic nitrogens is 5. The number of nitro benzene ring substituents is 1. The Hall–Kier alpha value is -5.91. The van der Waals surface area contributed by atoms with Crippen LogP contribution < -0.4 is 10.6 Å². The van der Waals surface area contributed by atoms with Crippen molar-refractivity contribution >= 4 is 39.3 Å². The predicted octanol–water partition coefficient (Wildman–Crippen LogP) is 5.77. The smallest absolute Gasteiger partial charge is 0.272 e. The van der Waals surface area contributed by atoms with Crippen molar-refractivity contribution in [2.75, 3.05) is 13.1 Å². The molecule has 3 aromatic heterocycles. The van der Waals surface area contributed by atoms with E-state index in [9.17, 15) is 19.7 Å². The lowest BCUT2D eigenvalue weighted by Crippen LogP contribution is -2.25. The molecule has 0 saturated carbocycles. The van der Waals surface area contributed by atoms with Gasteiger partial charge in [-0.05, 0) is 80.5 Å². The molecule has 4 N–H and O–H groups in total. The van der Waals surface area contributed by atoms with E-state index >= 15 is 0 Å². The molecule has 0 fully saturated rings. The third-order valence-electron chi connectivity index (χ3n) is 7.81. The highest BCUT2D eigenvalue weighted by atomic mass is 16.6. The lowest BCUT2D eigenvalue weighted by atomic mass is 9.99. The lowest BCUT2D eigenvalue weighted by molar-refractivity contribution is -0.384. The van der Waals surface area contributed by atoms with Gasteiger partial charge in [0.15, 0.2) is 11.4 Å². The predicted molar refractivity (Wildman–Crippen MR) is 180 cm³/mol. The van der Waals surface area contributed by atoms with E-state index in [-0.39, 0.29) is 23.2 Å². The maximum absolute atomic E-state index is 12.4. The number of hydrogen-bond donors (Lipinski definition) is 4. The minimum atomic E-state index is -0.487. The molecular formula is C35H36N8O4. The van der Waals surface area contributed by atoms with Crippen LogP contribution in [0.3, 0.4) is 0 Å². The number of benzene rings is 3. The molecule has 240 valence electrons. The monoisotopic (exact) mass is 632 g/mol. The topological polar surface area (TPSA) is 172 Å². The SMILES string of the molecule is Cc1cccc(C)c1CCCNC(=O)c1n[nH]c2ccc([N+](=O)[O-])cc12.O=C(NCCCc1ccccn1)c1n[nH]c2ccccc12. The van der Waals surface area contributed by atoms with Crippen molar-refractivity contribution in [2.45, 2.75) is 39.5 Å². The van der Waals surface area contributed by atoms with E-state index in [1.165, 1.54) is 28.8 Å². The standard InChI is InChI=1S/C19H20N4O3.C16H16N4O/c1-12-5-3-6-13(2)15(12)7-4-10-20-19(24)18-16-11-14(23(25)26)8-9-17(16)21-22-18;21-16(15-13-8-1-2-9-14(13)19-20-15)18-11-5-7-12-6-3-4-10-17-12/h3,5-6,8-9,11H,4,7,10H2,1-2H3,(H,20,24)(H,21,22);1-4,6,8-10H,5,7,11H2,(H,18,21)(H,19,20). The Morgan fingerprint density at radius 2 is 1.36 bits per heavy atom. The summed E-state index contributed by atoms with van der Waals surface area (Å²) >= 11 is 0. The molecule has 0 aliphatic carbocycles. The maximum Gasteiger partial charge on any atom is 0.272 e. The maximum atomic E-state index is 12.4. The molecule has 2 amide bonds. The number of carbonyl (C=O) groups is 2. The number of fused-ring (bicyclic) bond motifs is 2. The van der Waals surface area contributed by atoms with Crippen molar-refractivity contribution in [3.8, 4) is 0 Å². The first-order chi connectivity index (χ1) is 22.8. The number of para-hydroxylation sites is 1. The minimum absolute atomic E-state index is 0.0667. The van der Waals surface area contributed by atoms with Crippen LogP contribution in [-0.2, 0) is 12.8 Å². The second-order valence-corrected chi connectivity index (χ2v) is 11.1. The number of rotatable bonds is 11. The molecule has 6 rings (SSSR count). The van der Waals surface area contributed by atoms with Gasteiger partial charge in [0, 0.05) is 47.9 Å². The molecule has 3 heterocycles. The van der Waals surface area contributed by atoms with Crippen LogP contribution in [0.4, 0.5) is 5.69 Å². The fraction of sp³-hybridized carbons (Fsp3) is 0.229. The number of amides is 2. The van der Waals surface area contributed by atoms with Gasteiger partial charge in [-0.2, -0.15) is 10.2 Å². The van der Waals surface area contributed by atoms with Gasteiger partial charge in [0.05, 0.1) is 16.0 Å². The van der Waals surface area contributed by atoms with Crippen molar-refractivity contribution in [2.24, 2.45) is 0 Å². The molecule has 0 atom stereocenters. The zero-order valence-electron chi connectivity index (χ0n) is 26.2. The van der Waals surface area contributed by atoms with Gasteiger partial charge in [-0.1, -0.05) is 42.5 Å². The van der Waals surface area contributed by atoms with Crippen LogP contribution in [0, 0.1) is 24.0 Å². The highest BCUT2D eigenvalue weighted by molar-refractivity contribution is 6.05. The van der Waals surface area contributed by atoms with Crippen LogP contribution >= 0.6 is 0 Å². The number of pyridine rings is 1. The number of non-ortho nitro benzene ring substituents is 1. The molecule has 12 heteroatoms. The number of aromatic amines is 2. The first-order valence-corrected chi connectivity index (χ1v) is 15.4. The van der Waals surface area contributed by atoms with Gasteiger partial charge in [-0.25, -0.2) is 0 Å². The molecule has 3 aromatic carbocycles. The van der Waals surface area contributed by atoms with E-state index in [1.54, 1.807) is 12.3 Å². The number of nitrogens with one attached hydrogen (secondary N) is 4. The molecule has 0 bridgehead atoms. The fourth-order valence-electron chi connectivity index (χ4n) is 5.32. The number of nitro groups is 1. The van der Waals surface area contributed by atoms with Crippen LogP contribution in [0.5, 0.6) is 0 Å². The molecular weight excluding hydrogens is 596 g/mol. The summed E-state index contributed by atoms with van der Waals surface area (Å²) in [6, 6.07) is 24.0. The molecule has 0 radical (unpaired) electrons. The Bertz CT molecular complexity index is 1980. The lowest BCUT2D eigenvalue weighted by Gasteiger charge is -2.09. The summed E-state index contributed by atoms with van der Waals surface area (Å²) in [6.45, 7) is 5.29. The highest BCUT2D eigenvalue weighted by Crippen LogP contribution is 2.22. The van der Waals surface area contributed by atoms with E-state index in [0.717, 1.165) is 42.3 Å². The minimum Gasteiger partial charge on any atom is -0.351 e. The average Bonchev–Trinajstić information content (AvgIpc) is 3.71. The Kier molecular flexibility index (Phi) is 10.6. The summed E-state index contributed by atoms with van der Waals surface area (Å²) < 4.78 is 0. The Balaban J connectivity index is 0.000000189. The summed E-state index contributed by atoms with van der Waals surface area (Å²) in [6.07, 6.45) is 5.17. The summed E-state index contributed by atoms with van der Waals surface area (Å²) in [7, 11) is 0. The Morgan fingerprint density at radius 3 is 2.02 bits per heavy atom. The molecule has 0 unspecified atom stereocenters. The van der Waals surface area contributed by atoms with Gasteiger partial charge in [0.25, 0.3) is 17.5 Å². The number of aryl methyl sites for hydroxylation is 3. The van der Waals surface area contributed by atoms with E-state index in [1.807, 2.05) is 48.5 Å². The third kappa shape index (κ3) is 8.23. The first kappa shape index (κ1) is 32.5. The Labute approximate surface area is 271 Å². The summed E-state index contributed by atoms with van der Waals surface area (Å²) in [5, 5.41) is 31.6. The Morgan fingerprint density at radius 1 is 0.745 bits per heavy atom. The van der Waals surface area contributed by atoms with Gasteiger partial charge in [-0.3, -0.25) is 34.9 Å². The molecule has 6 aromatic rings. The van der Waals surface area contributed by atoms with E-state index in [4.69, 9.17) is 0 Å². The zero-order valence-corrected chi connectivity index (χ0v) is 26.2. The summed E-state index contributed by atoms with van der Waals surface area (Å²) in [4.78, 5) is 39.2. The number of hydrogen-bond acceptors (Lipinski definition) is 7. The van der Waals surface area contributed by atoms with Crippen molar-refractivity contribution in [1.82, 2.24) is 36.0 Å². The molecule has 0 aliphatic heterocycles. The summed E-state index contributed by atoms with van der Waals surface area (Å²) in [5.41, 5.74) is 6.87. The number of H-pyrrole nitrogens is 2. The van der Waals surface area contributed by atoms with Crippen LogP contribution in [0.25, 0.3) is 21.8 Å². The largest absolute Gasteiger partial charge is 0.351 e. The van der Waals surface area contributed by atoms with Crippen LogP contribution in [0.1, 0.15) is 56.2 Å². The van der Waals surface area contributed by atoms with E-state index < -0.39 is 4.92 Å². The third-order valence-corrected chi connectivity index (χ3v) is 7.81. The van der Waals surface area contributed by atoms with E-state index in [2.05, 4.69) is 62.0 Å². The van der Waals surface area contributed by atoms with Gasteiger partial charge in [0.1, 0.15) is 0 Å². The van der Waals surface area contributed by atoms with Gasteiger partial charge < -0.3 is 10.6 Å². The molecule has 0 aliphatic rings. The average molecular weight is 633 g/mol. The second-order valence-electron chi connectivity index (χ2n) is 11.1.